The third-order valence-corrected chi connectivity index (χ3v) is 5.95. The average molecular weight is 618 g/mol. The van der Waals surface area contributed by atoms with Crippen molar-refractivity contribution in [1.29, 1.82) is 5.26 Å². The molecule has 0 spiro atoms. The summed E-state index contributed by atoms with van der Waals surface area (Å²) >= 11 is 0. The van der Waals surface area contributed by atoms with Gasteiger partial charge in [-0.3, -0.25) is 4.79 Å². The third kappa shape index (κ3) is 8.92. The lowest BCUT2D eigenvalue weighted by Gasteiger charge is -2.38. The molecule has 0 bridgehead atoms. The molecular formula is C30H34F3N5O6. The second-order valence-electron chi connectivity index (χ2n) is 12.2. The molecule has 1 N–H and O–H groups in total. The number of alkyl halides is 2. The molecule has 11 nitrogen and oxygen atoms in total. The van der Waals surface area contributed by atoms with Gasteiger partial charge in [-0.2, -0.15) is 5.26 Å². The fourth-order valence-corrected chi connectivity index (χ4v) is 4.17. The number of anilines is 1. The number of carbonyl (C=O) groups excluding carboxylic acids is 3. The van der Waals surface area contributed by atoms with Crippen LogP contribution < -0.4 is 5.32 Å². The number of nitrogens with zero attached hydrogens (tertiary/aromatic N) is 4. The number of nitriles is 1. The van der Waals surface area contributed by atoms with Crippen molar-refractivity contribution in [3.8, 4) is 6.07 Å². The van der Waals surface area contributed by atoms with E-state index in [0.29, 0.717) is 4.90 Å². The van der Waals surface area contributed by atoms with Crippen LogP contribution in [0.1, 0.15) is 82.9 Å². The van der Waals surface area contributed by atoms with Crippen LogP contribution in [0.2, 0.25) is 0 Å². The molecule has 1 unspecified atom stereocenters. The molecule has 2 atom stereocenters. The van der Waals surface area contributed by atoms with Gasteiger partial charge in [0.15, 0.2) is 0 Å². The van der Waals surface area contributed by atoms with Gasteiger partial charge in [0.2, 0.25) is 6.43 Å². The number of imide groups is 1. The molecule has 2 aromatic rings. The summed E-state index contributed by atoms with van der Waals surface area (Å²) in [7, 11) is 0. The Morgan fingerprint density at radius 2 is 1.73 bits per heavy atom. The monoisotopic (exact) mass is 617 g/mol. The zero-order valence-electron chi connectivity index (χ0n) is 25.4. The average Bonchev–Trinajstić information content (AvgIpc) is 2.87. The Morgan fingerprint density at radius 1 is 1.11 bits per heavy atom. The molecule has 14 heteroatoms. The van der Waals surface area contributed by atoms with E-state index in [1.54, 1.807) is 41.5 Å². The highest BCUT2D eigenvalue weighted by Crippen LogP contribution is 2.39. The minimum absolute atomic E-state index is 0.0187. The van der Waals surface area contributed by atoms with Crippen LogP contribution in [0.5, 0.6) is 0 Å². The second-order valence-corrected chi connectivity index (χ2v) is 12.2. The van der Waals surface area contributed by atoms with Crippen molar-refractivity contribution in [2.24, 2.45) is 4.99 Å². The Labute approximate surface area is 253 Å². The molecule has 1 aliphatic rings. The van der Waals surface area contributed by atoms with Crippen LogP contribution >= 0.6 is 0 Å². The van der Waals surface area contributed by atoms with E-state index in [9.17, 15) is 23.2 Å². The van der Waals surface area contributed by atoms with Gasteiger partial charge in [-0.25, -0.2) is 32.7 Å². The minimum Gasteiger partial charge on any atom is -0.461 e. The van der Waals surface area contributed by atoms with Gasteiger partial charge in [0.1, 0.15) is 34.9 Å². The largest absolute Gasteiger partial charge is 0.461 e. The number of hydrogen-bond donors (Lipinski definition) is 1. The molecule has 0 saturated heterocycles. The van der Waals surface area contributed by atoms with Crippen LogP contribution in [0.3, 0.4) is 0 Å². The van der Waals surface area contributed by atoms with Crippen LogP contribution in [0.15, 0.2) is 41.5 Å². The van der Waals surface area contributed by atoms with Crippen molar-refractivity contribution < 1.29 is 41.8 Å². The first-order chi connectivity index (χ1) is 20.3. The van der Waals surface area contributed by atoms with E-state index in [0.717, 1.165) is 6.07 Å². The number of carbonyl (C=O) groups is 3. The van der Waals surface area contributed by atoms with Gasteiger partial charge in [0.05, 0.1) is 11.1 Å². The van der Waals surface area contributed by atoms with Crippen LogP contribution in [0, 0.1) is 17.1 Å². The van der Waals surface area contributed by atoms with Gasteiger partial charge < -0.3 is 19.5 Å². The maximum absolute atomic E-state index is 15.4. The lowest BCUT2D eigenvalue weighted by molar-refractivity contribution is -0.00252. The van der Waals surface area contributed by atoms with Gasteiger partial charge in [-0.15, -0.1) is 4.90 Å². The quantitative estimate of drug-likeness (QED) is 0.399. The Hall–Kier alpha value is -4.67. The number of pyridine rings is 1. The molecule has 2 heterocycles. The van der Waals surface area contributed by atoms with E-state index >= 15 is 4.39 Å². The Kier molecular flexibility index (Phi) is 9.92. The van der Waals surface area contributed by atoms with E-state index in [1.807, 2.05) is 6.07 Å². The maximum atomic E-state index is 15.4. The van der Waals surface area contributed by atoms with Crippen molar-refractivity contribution >= 4 is 29.8 Å². The molecule has 0 radical (unpaired) electrons. The highest BCUT2D eigenvalue weighted by molar-refractivity contribution is 6.06. The van der Waals surface area contributed by atoms with E-state index in [2.05, 4.69) is 15.3 Å². The molecule has 0 saturated carbocycles. The van der Waals surface area contributed by atoms with Crippen LogP contribution in [-0.4, -0.2) is 57.7 Å². The highest BCUT2D eigenvalue weighted by atomic mass is 19.3. The first-order valence-electron chi connectivity index (χ1n) is 13.6. The van der Waals surface area contributed by atoms with Gasteiger partial charge in [-0.05, 0) is 78.8 Å². The lowest BCUT2D eigenvalue weighted by Crippen LogP contribution is -2.51. The number of nitrogens with one attached hydrogen (secondary N) is 1. The molecule has 0 aliphatic carbocycles. The zero-order chi connectivity index (χ0) is 33.0. The second kappa shape index (κ2) is 12.9. The van der Waals surface area contributed by atoms with E-state index in [1.165, 1.54) is 37.4 Å². The number of aromatic nitrogens is 1. The Morgan fingerprint density at radius 3 is 2.23 bits per heavy atom. The third-order valence-electron chi connectivity index (χ3n) is 5.95. The van der Waals surface area contributed by atoms with Crippen molar-refractivity contribution in [2.45, 2.75) is 90.6 Å². The topological polar surface area (TPSA) is 143 Å². The van der Waals surface area contributed by atoms with Crippen molar-refractivity contribution in [2.75, 3.05) is 5.32 Å². The highest BCUT2D eigenvalue weighted by Gasteiger charge is 2.45. The summed E-state index contributed by atoms with van der Waals surface area (Å²) in [4.78, 5) is 47.9. The number of amides is 3. The molecule has 3 amide bonds. The van der Waals surface area contributed by atoms with Crippen LogP contribution in [-0.2, 0) is 19.7 Å². The number of halogens is 3. The van der Waals surface area contributed by atoms with Crippen molar-refractivity contribution in [1.82, 2.24) is 9.88 Å². The SMILES string of the molecule is CC(C)(C)OC(=O)N(C(=O)OC(C)(C)C)C1=N[C@](C)(c2cc(NC(=O)c3ccc(C#N)cn3)ccc2F)CC(CC(F)F)O1. The molecule has 1 aromatic carbocycles. The summed E-state index contributed by atoms with van der Waals surface area (Å²) in [5, 5.41) is 11.5. The summed E-state index contributed by atoms with van der Waals surface area (Å²) in [6.45, 7) is 10.7. The van der Waals surface area contributed by atoms with Crippen molar-refractivity contribution in [3.05, 3.63) is 59.2 Å². The normalized spacial score (nSPS) is 18.4. The van der Waals surface area contributed by atoms with Crippen molar-refractivity contribution in [3.63, 3.8) is 0 Å². The number of aliphatic imine (C=N–C) groups is 1. The number of amidine groups is 1. The van der Waals surface area contributed by atoms with Gasteiger partial charge >= 0.3 is 18.2 Å². The van der Waals surface area contributed by atoms with Crippen LogP contribution in [0.4, 0.5) is 28.4 Å². The molecule has 44 heavy (non-hydrogen) atoms. The molecule has 0 fully saturated rings. The molecule has 1 aromatic heterocycles. The zero-order valence-corrected chi connectivity index (χ0v) is 25.4. The molecule has 3 rings (SSSR count). The number of rotatable bonds is 5. The fourth-order valence-electron chi connectivity index (χ4n) is 4.17. The predicted octanol–water partition coefficient (Wildman–Crippen LogP) is 6.53. The molecule has 1 aliphatic heterocycles. The van der Waals surface area contributed by atoms with Crippen LogP contribution in [0.25, 0.3) is 0 Å². The predicted molar refractivity (Wildman–Crippen MR) is 153 cm³/mol. The number of hydrogen-bond acceptors (Lipinski definition) is 9. The first-order valence-corrected chi connectivity index (χ1v) is 13.6. The summed E-state index contributed by atoms with van der Waals surface area (Å²) < 4.78 is 58.9. The lowest BCUT2D eigenvalue weighted by atomic mass is 9.84. The van der Waals surface area contributed by atoms with Gasteiger partial charge in [0, 0.05) is 30.3 Å². The standard InChI is InChI=1S/C30H34F3N5O6/c1-28(2,3)43-26(40)38(27(41)44-29(4,5)6)25-37-30(7,14-19(42-25)13-23(32)33)20-12-18(9-10-21(20)31)36-24(39)22-11-8-17(15-34)16-35-22/h8-12,16,19,23H,13-14H2,1-7H3,(H,36,39)/t19?,30-/m0/s1. The summed E-state index contributed by atoms with van der Waals surface area (Å²) in [6.07, 6.45) is -6.55. The van der Waals surface area contributed by atoms with E-state index in [4.69, 9.17) is 19.5 Å². The number of ether oxygens (including phenoxy) is 3. The Balaban J connectivity index is 2.09. The van der Waals surface area contributed by atoms with E-state index in [-0.39, 0.29) is 28.9 Å². The van der Waals surface area contributed by atoms with Gasteiger partial charge in [-0.1, -0.05) is 0 Å². The first kappa shape index (κ1) is 33.8. The van der Waals surface area contributed by atoms with Gasteiger partial charge in [0.25, 0.3) is 5.91 Å². The van der Waals surface area contributed by atoms with E-state index < -0.39 is 65.6 Å². The summed E-state index contributed by atoms with van der Waals surface area (Å²) in [5.74, 6) is -1.46. The maximum Gasteiger partial charge on any atom is 0.428 e. The smallest absolute Gasteiger partial charge is 0.428 e. The fraction of sp³-hybridized carbons (Fsp3) is 0.467. The molecular weight excluding hydrogens is 583 g/mol. The summed E-state index contributed by atoms with van der Waals surface area (Å²) in [6, 6.07) is 7.50. The number of benzene rings is 1. The minimum atomic E-state index is -2.85. The summed E-state index contributed by atoms with van der Waals surface area (Å²) in [5.41, 5.74) is -3.64. The Bertz CT molecular complexity index is 1450. The molecule has 236 valence electrons.